The maximum Gasteiger partial charge on any atom is 0.294 e. The summed E-state index contributed by atoms with van der Waals surface area (Å²) in [6.45, 7) is 4.27. The third-order valence-corrected chi connectivity index (χ3v) is 5.75. The first kappa shape index (κ1) is 19.9. The van der Waals surface area contributed by atoms with Crippen LogP contribution in [0.3, 0.4) is 0 Å². The zero-order chi connectivity index (χ0) is 22.4. The van der Waals surface area contributed by atoms with Gasteiger partial charge in [0.05, 0.1) is 17.9 Å². The van der Waals surface area contributed by atoms with Gasteiger partial charge in [-0.25, -0.2) is 0 Å². The van der Waals surface area contributed by atoms with Gasteiger partial charge in [0.15, 0.2) is 23.0 Å². The minimum atomic E-state index is -0.832. The van der Waals surface area contributed by atoms with Crippen molar-refractivity contribution in [3.63, 3.8) is 0 Å². The molecule has 2 aliphatic rings. The Morgan fingerprint density at radius 2 is 1.81 bits per heavy atom. The number of furan rings is 1. The van der Waals surface area contributed by atoms with E-state index in [0.717, 1.165) is 5.56 Å². The normalized spacial score (nSPS) is 17.5. The Kier molecular flexibility index (Phi) is 4.74. The number of anilines is 1. The fraction of sp³-hybridized carbons (Fsp3) is 0.200. The van der Waals surface area contributed by atoms with Gasteiger partial charge >= 0.3 is 0 Å². The van der Waals surface area contributed by atoms with E-state index in [4.69, 9.17) is 13.9 Å². The smallest absolute Gasteiger partial charge is 0.294 e. The zero-order valence-electron chi connectivity index (χ0n) is 17.6. The fourth-order valence-corrected chi connectivity index (χ4v) is 4.06. The number of carbonyl (C=O) groups excluding carboxylic acids is 2. The van der Waals surface area contributed by atoms with Crippen molar-refractivity contribution in [2.24, 2.45) is 0 Å². The summed E-state index contributed by atoms with van der Waals surface area (Å²) >= 11 is 0. The Labute approximate surface area is 184 Å². The van der Waals surface area contributed by atoms with Gasteiger partial charge in [0.2, 0.25) is 12.6 Å². The Bertz CT molecular complexity index is 1220. The number of hydrogen-bond acceptors (Lipinski definition) is 6. The van der Waals surface area contributed by atoms with Crippen LogP contribution in [0.25, 0.3) is 0 Å². The first-order valence-corrected chi connectivity index (χ1v) is 10.3. The van der Waals surface area contributed by atoms with Crippen molar-refractivity contribution in [2.45, 2.75) is 25.8 Å². The molecule has 0 radical (unpaired) electrons. The molecule has 7 nitrogen and oxygen atoms in total. The minimum Gasteiger partial charge on any atom is -0.503 e. The number of hydrogen-bond donors (Lipinski definition) is 1. The van der Waals surface area contributed by atoms with Crippen LogP contribution in [0.4, 0.5) is 5.69 Å². The second kappa shape index (κ2) is 7.60. The zero-order valence-corrected chi connectivity index (χ0v) is 17.6. The standard InChI is InChI=1S/C25H21NO6/c1-14(2)15-5-7-16(8-6-15)22-21(23(27)19-4-3-11-30-19)24(28)25(29)26(22)17-9-10-18-20(12-17)32-13-31-18/h3-12,14,22,28H,13H2,1-2H3. The van der Waals surface area contributed by atoms with Gasteiger partial charge in [-0.3, -0.25) is 14.5 Å². The second-order valence-electron chi connectivity index (χ2n) is 8.01. The number of carbonyl (C=O) groups is 2. The van der Waals surface area contributed by atoms with E-state index in [9.17, 15) is 14.7 Å². The van der Waals surface area contributed by atoms with Crippen LogP contribution in [-0.2, 0) is 4.79 Å². The van der Waals surface area contributed by atoms with E-state index >= 15 is 0 Å². The molecule has 1 N–H and O–H groups in total. The van der Waals surface area contributed by atoms with Crippen LogP contribution >= 0.6 is 0 Å². The highest BCUT2D eigenvalue weighted by Crippen LogP contribution is 2.44. The first-order valence-electron chi connectivity index (χ1n) is 10.3. The molecule has 0 bridgehead atoms. The summed E-state index contributed by atoms with van der Waals surface area (Å²) < 4.78 is 16.1. The largest absolute Gasteiger partial charge is 0.503 e. The maximum absolute atomic E-state index is 13.3. The predicted octanol–water partition coefficient (Wildman–Crippen LogP) is 4.91. The summed E-state index contributed by atoms with van der Waals surface area (Å²) in [5, 5.41) is 10.8. The highest BCUT2D eigenvalue weighted by atomic mass is 16.7. The van der Waals surface area contributed by atoms with Gasteiger partial charge in [-0.15, -0.1) is 0 Å². The highest BCUT2D eigenvalue weighted by molar-refractivity contribution is 6.20. The number of nitrogens with zero attached hydrogens (tertiary/aromatic N) is 1. The molecule has 1 aromatic heterocycles. The van der Waals surface area contributed by atoms with Gasteiger partial charge in [-0.1, -0.05) is 38.1 Å². The summed E-state index contributed by atoms with van der Waals surface area (Å²) in [4.78, 5) is 27.9. The number of aliphatic hydroxyl groups excluding tert-OH is 1. The topological polar surface area (TPSA) is 89.2 Å². The van der Waals surface area contributed by atoms with Crippen LogP contribution in [0.2, 0.25) is 0 Å². The second-order valence-corrected chi connectivity index (χ2v) is 8.01. The number of aliphatic hydroxyl groups is 1. The molecule has 162 valence electrons. The number of fused-ring (bicyclic) bond motifs is 1. The molecule has 5 rings (SSSR count). The molecule has 1 unspecified atom stereocenters. The number of rotatable bonds is 5. The van der Waals surface area contributed by atoms with E-state index in [1.54, 1.807) is 24.3 Å². The van der Waals surface area contributed by atoms with Crippen molar-refractivity contribution in [1.29, 1.82) is 0 Å². The average Bonchev–Trinajstić information content (AvgIpc) is 3.53. The quantitative estimate of drug-likeness (QED) is 0.577. The highest BCUT2D eigenvalue weighted by Gasteiger charge is 2.45. The molecule has 2 aromatic carbocycles. The number of benzene rings is 2. The van der Waals surface area contributed by atoms with Gasteiger partial charge in [0.1, 0.15) is 0 Å². The van der Waals surface area contributed by atoms with Gasteiger partial charge in [0.25, 0.3) is 5.91 Å². The summed E-state index contributed by atoms with van der Waals surface area (Å²) in [6.07, 6.45) is 1.38. The summed E-state index contributed by atoms with van der Waals surface area (Å²) in [6, 6.07) is 15.0. The molecule has 3 heterocycles. The molecule has 0 spiro atoms. The molecular weight excluding hydrogens is 410 g/mol. The number of ketones is 1. The van der Waals surface area contributed by atoms with Gasteiger partial charge in [0, 0.05) is 11.8 Å². The fourth-order valence-electron chi connectivity index (χ4n) is 4.06. The third kappa shape index (κ3) is 3.13. The molecule has 1 atom stereocenters. The molecule has 3 aromatic rings. The van der Waals surface area contributed by atoms with Crippen molar-refractivity contribution in [3.8, 4) is 11.5 Å². The van der Waals surface area contributed by atoms with Gasteiger partial charge in [-0.05, 0) is 41.3 Å². The number of ether oxygens (including phenoxy) is 2. The summed E-state index contributed by atoms with van der Waals surface area (Å²) in [5.41, 5.74) is 2.27. The van der Waals surface area contributed by atoms with Crippen molar-refractivity contribution < 1.29 is 28.6 Å². The Morgan fingerprint density at radius 1 is 1.06 bits per heavy atom. The molecule has 32 heavy (non-hydrogen) atoms. The van der Waals surface area contributed by atoms with E-state index < -0.39 is 23.5 Å². The molecule has 2 aliphatic heterocycles. The van der Waals surface area contributed by atoms with Crippen LogP contribution in [0.1, 0.15) is 47.5 Å². The summed E-state index contributed by atoms with van der Waals surface area (Å²) in [5.74, 6) is -0.361. The third-order valence-electron chi connectivity index (χ3n) is 5.75. The van der Waals surface area contributed by atoms with E-state index in [-0.39, 0.29) is 18.1 Å². The Balaban J connectivity index is 1.64. The van der Waals surface area contributed by atoms with Crippen LogP contribution in [0, 0.1) is 0 Å². The average molecular weight is 431 g/mol. The molecular formula is C25H21NO6. The minimum absolute atomic E-state index is 0.0279. The van der Waals surface area contributed by atoms with E-state index in [2.05, 4.69) is 13.8 Å². The molecule has 7 heteroatoms. The lowest BCUT2D eigenvalue weighted by atomic mass is 9.92. The number of amides is 1. The lowest BCUT2D eigenvalue weighted by molar-refractivity contribution is -0.117. The van der Waals surface area contributed by atoms with Crippen LogP contribution in [0.5, 0.6) is 11.5 Å². The van der Waals surface area contributed by atoms with E-state index in [1.165, 1.54) is 17.2 Å². The van der Waals surface area contributed by atoms with Crippen LogP contribution < -0.4 is 14.4 Å². The molecule has 0 saturated heterocycles. The van der Waals surface area contributed by atoms with Crippen LogP contribution in [-0.4, -0.2) is 23.6 Å². The lowest BCUT2D eigenvalue weighted by Gasteiger charge is -2.27. The number of Topliss-reactive ketones (excluding diaryl/α,β-unsaturated/α-hetero) is 1. The molecule has 1 amide bonds. The summed E-state index contributed by atoms with van der Waals surface area (Å²) in [7, 11) is 0. The van der Waals surface area contributed by atoms with Crippen molar-refractivity contribution in [2.75, 3.05) is 11.7 Å². The molecule has 0 aliphatic carbocycles. The molecule has 0 saturated carbocycles. The monoisotopic (exact) mass is 431 g/mol. The van der Waals surface area contributed by atoms with Crippen LogP contribution in [0.15, 0.2) is 76.6 Å². The molecule has 0 fully saturated rings. The van der Waals surface area contributed by atoms with E-state index in [1.807, 2.05) is 24.3 Å². The van der Waals surface area contributed by atoms with Crippen molar-refractivity contribution >= 4 is 17.4 Å². The van der Waals surface area contributed by atoms with Gasteiger partial charge in [-0.2, -0.15) is 0 Å². The Morgan fingerprint density at radius 3 is 2.50 bits per heavy atom. The van der Waals surface area contributed by atoms with Gasteiger partial charge < -0.3 is 19.0 Å². The Hall–Kier alpha value is -4.00. The SMILES string of the molecule is CC(C)c1ccc(C2C(C(=O)c3ccco3)=C(O)C(=O)N2c2ccc3c(c2)OCO3)cc1. The van der Waals surface area contributed by atoms with Crippen molar-refractivity contribution in [3.05, 3.63) is 89.1 Å². The van der Waals surface area contributed by atoms with Crippen molar-refractivity contribution in [1.82, 2.24) is 0 Å². The first-order chi connectivity index (χ1) is 15.5. The maximum atomic E-state index is 13.3. The van der Waals surface area contributed by atoms with E-state index in [0.29, 0.717) is 28.7 Å². The lowest BCUT2D eigenvalue weighted by Crippen LogP contribution is -2.31. The predicted molar refractivity (Wildman–Crippen MR) is 116 cm³/mol.